The Morgan fingerprint density at radius 1 is 1.36 bits per heavy atom. The van der Waals surface area contributed by atoms with E-state index >= 15 is 0 Å². The van der Waals surface area contributed by atoms with Gasteiger partial charge in [0.05, 0.1) is 6.61 Å². The van der Waals surface area contributed by atoms with Crippen molar-refractivity contribution in [2.45, 2.75) is 19.9 Å². The van der Waals surface area contributed by atoms with Crippen molar-refractivity contribution >= 4 is 29.9 Å². The van der Waals surface area contributed by atoms with Gasteiger partial charge in [0.15, 0.2) is 5.96 Å². The number of piperazine rings is 1. The number of rotatable bonds is 5. The molecule has 2 saturated heterocycles. The maximum Gasteiger partial charge on any atom is 0.193 e. The number of guanidine groups is 1. The fraction of sp³-hybridized carbons (Fsp3) is 0.765. The Morgan fingerprint density at radius 3 is 2.76 bits per heavy atom. The van der Waals surface area contributed by atoms with Crippen molar-refractivity contribution in [3.63, 3.8) is 0 Å². The average Bonchev–Trinajstić information content (AvgIpc) is 3.25. The molecule has 0 aliphatic carbocycles. The summed E-state index contributed by atoms with van der Waals surface area (Å²) < 4.78 is 7.64. The molecule has 1 aromatic rings. The van der Waals surface area contributed by atoms with Gasteiger partial charge >= 0.3 is 0 Å². The average molecular weight is 462 g/mol. The van der Waals surface area contributed by atoms with Crippen LogP contribution < -0.4 is 5.32 Å². The molecule has 1 unspecified atom stereocenters. The molecule has 0 aromatic carbocycles. The molecule has 0 saturated carbocycles. The van der Waals surface area contributed by atoms with Crippen molar-refractivity contribution in [2.24, 2.45) is 10.9 Å². The van der Waals surface area contributed by atoms with E-state index in [0.717, 1.165) is 70.2 Å². The lowest BCUT2D eigenvalue weighted by atomic mass is 10.1. The standard InChI is InChI=1S/C17H30N6O.HI/c1-15-19-4-6-22(15)7-5-20-17(18-2)23-10-8-21(9-11-23)13-16-3-12-24-14-16;/h4,6,16H,3,5,7-14H2,1-2H3,(H,18,20);1H. The number of aliphatic imine (C=N–C) groups is 1. The number of nitrogens with one attached hydrogen (secondary N) is 1. The molecule has 142 valence electrons. The van der Waals surface area contributed by atoms with Crippen LogP contribution in [0.4, 0.5) is 0 Å². The highest BCUT2D eigenvalue weighted by molar-refractivity contribution is 14.0. The van der Waals surface area contributed by atoms with E-state index in [4.69, 9.17) is 4.74 Å². The van der Waals surface area contributed by atoms with Crippen LogP contribution >= 0.6 is 24.0 Å². The third kappa shape index (κ3) is 5.82. The van der Waals surface area contributed by atoms with Crippen molar-refractivity contribution in [3.05, 3.63) is 18.2 Å². The lowest BCUT2D eigenvalue weighted by molar-refractivity contribution is 0.139. The minimum atomic E-state index is 0. The number of nitrogens with zero attached hydrogens (tertiary/aromatic N) is 5. The van der Waals surface area contributed by atoms with E-state index in [1.807, 2.05) is 26.4 Å². The molecule has 1 N–H and O–H groups in total. The van der Waals surface area contributed by atoms with Gasteiger partial charge in [0.1, 0.15) is 5.82 Å². The topological polar surface area (TPSA) is 57.9 Å². The van der Waals surface area contributed by atoms with Gasteiger partial charge in [-0.25, -0.2) is 4.98 Å². The lowest BCUT2D eigenvalue weighted by Crippen LogP contribution is -2.53. The van der Waals surface area contributed by atoms with Crippen molar-refractivity contribution < 1.29 is 4.74 Å². The second-order valence-electron chi connectivity index (χ2n) is 6.66. The first kappa shape index (κ1) is 20.4. The van der Waals surface area contributed by atoms with Gasteiger partial charge in [-0.2, -0.15) is 0 Å². The van der Waals surface area contributed by atoms with E-state index < -0.39 is 0 Å². The highest BCUT2D eigenvalue weighted by atomic mass is 127. The summed E-state index contributed by atoms with van der Waals surface area (Å²) in [5.41, 5.74) is 0. The van der Waals surface area contributed by atoms with Crippen LogP contribution in [0.15, 0.2) is 17.4 Å². The smallest absolute Gasteiger partial charge is 0.193 e. The largest absolute Gasteiger partial charge is 0.381 e. The van der Waals surface area contributed by atoms with Gasteiger partial charge in [0.2, 0.25) is 0 Å². The maximum absolute atomic E-state index is 5.49. The van der Waals surface area contributed by atoms with Crippen LogP contribution in [0.1, 0.15) is 12.2 Å². The first-order valence-electron chi connectivity index (χ1n) is 8.99. The summed E-state index contributed by atoms with van der Waals surface area (Å²) in [6.45, 7) is 11.2. The normalized spacial score (nSPS) is 22.1. The van der Waals surface area contributed by atoms with Gasteiger partial charge in [-0.05, 0) is 19.3 Å². The minimum absolute atomic E-state index is 0. The van der Waals surface area contributed by atoms with Crippen molar-refractivity contribution in [2.75, 3.05) is 59.5 Å². The Balaban J connectivity index is 0.00000225. The van der Waals surface area contributed by atoms with Crippen LogP contribution in [0.5, 0.6) is 0 Å². The first-order chi connectivity index (χ1) is 11.8. The lowest BCUT2D eigenvalue weighted by Gasteiger charge is -2.37. The predicted octanol–water partition coefficient (Wildman–Crippen LogP) is 1.04. The molecular weight excluding hydrogens is 431 g/mol. The zero-order valence-electron chi connectivity index (χ0n) is 15.4. The van der Waals surface area contributed by atoms with Gasteiger partial charge in [0.25, 0.3) is 0 Å². The number of aryl methyl sites for hydroxylation is 1. The molecule has 0 amide bonds. The van der Waals surface area contributed by atoms with Crippen LogP contribution in [-0.4, -0.2) is 84.8 Å². The molecule has 2 fully saturated rings. The van der Waals surface area contributed by atoms with Gasteiger partial charge in [0, 0.05) is 71.9 Å². The summed E-state index contributed by atoms with van der Waals surface area (Å²) in [5, 5.41) is 3.48. The molecule has 0 spiro atoms. The summed E-state index contributed by atoms with van der Waals surface area (Å²) in [5.74, 6) is 2.79. The number of ether oxygens (including phenoxy) is 1. The quantitative estimate of drug-likeness (QED) is 0.403. The zero-order chi connectivity index (χ0) is 16.8. The van der Waals surface area contributed by atoms with E-state index in [2.05, 4.69) is 29.7 Å². The van der Waals surface area contributed by atoms with Crippen molar-refractivity contribution in [1.82, 2.24) is 24.7 Å². The van der Waals surface area contributed by atoms with Gasteiger partial charge in [-0.1, -0.05) is 0 Å². The van der Waals surface area contributed by atoms with E-state index in [-0.39, 0.29) is 24.0 Å². The van der Waals surface area contributed by atoms with Crippen LogP contribution in [-0.2, 0) is 11.3 Å². The number of hydrogen-bond donors (Lipinski definition) is 1. The Kier molecular flexibility index (Phi) is 8.44. The predicted molar refractivity (Wildman–Crippen MR) is 111 cm³/mol. The Bertz CT molecular complexity index is 535. The molecule has 0 bridgehead atoms. The van der Waals surface area contributed by atoms with E-state index in [1.165, 1.54) is 13.0 Å². The fourth-order valence-electron chi connectivity index (χ4n) is 3.50. The van der Waals surface area contributed by atoms with Crippen LogP contribution in [0.3, 0.4) is 0 Å². The number of aromatic nitrogens is 2. The third-order valence-corrected chi connectivity index (χ3v) is 4.98. The molecule has 2 aliphatic heterocycles. The molecule has 2 aliphatic rings. The molecule has 0 radical (unpaired) electrons. The summed E-state index contributed by atoms with van der Waals surface area (Å²) in [6, 6.07) is 0. The highest BCUT2D eigenvalue weighted by Crippen LogP contribution is 2.15. The zero-order valence-corrected chi connectivity index (χ0v) is 17.7. The van der Waals surface area contributed by atoms with Crippen LogP contribution in [0.2, 0.25) is 0 Å². The third-order valence-electron chi connectivity index (χ3n) is 4.98. The molecule has 3 heterocycles. The van der Waals surface area contributed by atoms with Gasteiger partial charge < -0.3 is 19.5 Å². The molecule has 1 aromatic heterocycles. The Morgan fingerprint density at radius 2 is 2.16 bits per heavy atom. The summed E-state index contributed by atoms with van der Waals surface area (Å²) in [4.78, 5) is 13.6. The summed E-state index contributed by atoms with van der Waals surface area (Å²) in [7, 11) is 1.87. The molecule has 8 heteroatoms. The number of halogens is 1. The summed E-state index contributed by atoms with van der Waals surface area (Å²) in [6.07, 6.45) is 5.08. The molecule has 25 heavy (non-hydrogen) atoms. The summed E-state index contributed by atoms with van der Waals surface area (Å²) >= 11 is 0. The van der Waals surface area contributed by atoms with Crippen LogP contribution in [0.25, 0.3) is 0 Å². The highest BCUT2D eigenvalue weighted by Gasteiger charge is 2.23. The fourth-order valence-corrected chi connectivity index (χ4v) is 3.50. The van der Waals surface area contributed by atoms with Crippen LogP contribution in [0, 0.1) is 12.8 Å². The minimum Gasteiger partial charge on any atom is -0.381 e. The Hall–Kier alpha value is -0.870. The second kappa shape index (κ2) is 10.3. The maximum atomic E-state index is 5.49. The first-order valence-corrected chi connectivity index (χ1v) is 8.99. The van der Waals surface area contributed by atoms with Crippen molar-refractivity contribution in [3.8, 4) is 0 Å². The van der Waals surface area contributed by atoms with E-state index in [1.54, 1.807) is 0 Å². The van der Waals surface area contributed by atoms with Gasteiger partial charge in [-0.3, -0.25) is 9.89 Å². The Labute approximate surface area is 167 Å². The monoisotopic (exact) mass is 462 g/mol. The van der Waals surface area contributed by atoms with E-state index in [9.17, 15) is 0 Å². The second-order valence-corrected chi connectivity index (χ2v) is 6.66. The number of hydrogen-bond acceptors (Lipinski definition) is 4. The molecular formula is C17H31IN6O. The SMILES string of the molecule is CN=C(NCCn1ccnc1C)N1CCN(CC2CCOC2)CC1.I. The molecule has 7 nitrogen and oxygen atoms in total. The van der Waals surface area contributed by atoms with Gasteiger partial charge in [-0.15, -0.1) is 24.0 Å². The molecule has 1 atom stereocenters. The number of imidazole rings is 1. The van der Waals surface area contributed by atoms with E-state index in [0.29, 0.717) is 0 Å². The van der Waals surface area contributed by atoms with Crippen molar-refractivity contribution in [1.29, 1.82) is 0 Å². The molecule has 3 rings (SSSR count).